The molecule has 0 bridgehead atoms. The second kappa shape index (κ2) is 6.02. The van der Waals surface area contributed by atoms with Crippen molar-refractivity contribution in [1.29, 1.82) is 0 Å². The van der Waals surface area contributed by atoms with E-state index < -0.39 is 11.7 Å². The van der Waals surface area contributed by atoms with Crippen molar-refractivity contribution < 1.29 is 14.3 Å². The van der Waals surface area contributed by atoms with Crippen LogP contribution in [0, 0.1) is 5.41 Å². The first-order chi connectivity index (χ1) is 9.34. The molecule has 1 unspecified atom stereocenters. The lowest BCUT2D eigenvalue weighted by molar-refractivity contribution is -0.156. The molecule has 110 valence electrons. The zero-order valence-electron chi connectivity index (χ0n) is 11.8. The number of halogens is 2. The van der Waals surface area contributed by atoms with Gasteiger partial charge in [-0.15, -0.1) is 0 Å². The van der Waals surface area contributed by atoms with E-state index in [9.17, 15) is 4.79 Å². The van der Waals surface area contributed by atoms with E-state index in [4.69, 9.17) is 32.7 Å². The number of Topliss-reactive ketones (excluding diaryl/α,β-unsaturated/α-hetero) is 1. The van der Waals surface area contributed by atoms with E-state index in [2.05, 4.69) is 0 Å². The molecule has 0 amide bonds. The fourth-order valence-corrected chi connectivity index (χ4v) is 3.02. The molecule has 1 aromatic carbocycles. The summed E-state index contributed by atoms with van der Waals surface area (Å²) in [6.07, 6.45) is -0.497. The number of carbonyl (C=O) groups is 1. The van der Waals surface area contributed by atoms with Crippen molar-refractivity contribution in [3.05, 3.63) is 33.8 Å². The van der Waals surface area contributed by atoms with Crippen LogP contribution in [0.25, 0.3) is 0 Å². The van der Waals surface area contributed by atoms with E-state index in [0.29, 0.717) is 23.3 Å². The van der Waals surface area contributed by atoms with Crippen LogP contribution in [-0.4, -0.2) is 25.3 Å². The third kappa shape index (κ3) is 3.01. The molecule has 1 aliphatic rings. The zero-order valence-corrected chi connectivity index (χ0v) is 13.3. The highest BCUT2D eigenvalue weighted by molar-refractivity contribution is 6.35. The van der Waals surface area contributed by atoms with E-state index >= 15 is 0 Å². The van der Waals surface area contributed by atoms with Gasteiger partial charge >= 0.3 is 0 Å². The maximum atomic E-state index is 12.7. The van der Waals surface area contributed by atoms with Gasteiger partial charge in [0.2, 0.25) is 0 Å². The fourth-order valence-electron chi connectivity index (χ4n) is 2.44. The first-order valence-corrected chi connectivity index (χ1v) is 7.32. The minimum absolute atomic E-state index is 0.0358. The lowest BCUT2D eigenvalue weighted by Crippen LogP contribution is -2.40. The maximum absolute atomic E-state index is 12.7. The van der Waals surface area contributed by atoms with Crippen LogP contribution in [0.3, 0.4) is 0 Å². The lowest BCUT2D eigenvalue weighted by Gasteiger charge is -2.31. The minimum atomic E-state index is -0.723. The van der Waals surface area contributed by atoms with Crippen LogP contribution in [0.5, 0.6) is 0 Å². The normalized spacial score (nSPS) is 18.2. The molecule has 1 atom stereocenters. The van der Waals surface area contributed by atoms with Crippen LogP contribution < -0.4 is 0 Å². The number of rotatable bonds is 4. The largest absolute Gasteiger partial charge is 0.349 e. The average Bonchev–Trinajstić information content (AvgIpc) is 2.91. The minimum Gasteiger partial charge on any atom is -0.349 e. The summed E-state index contributed by atoms with van der Waals surface area (Å²) < 4.78 is 11.0. The Labute approximate surface area is 129 Å². The SMILES string of the molecule is CC(C(=O)C(C)(C)C1OCCO1)c1ccc(Cl)cc1Cl. The predicted octanol–water partition coefficient (Wildman–Crippen LogP) is 4.07. The van der Waals surface area contributed by atoms with Crippen LogP contribution >= 0.6 is 23.2 Å². The van der Waals surface area contributed by atoms with Gasteiger partial charge in [0.25, 0.3) is 0 Å². The van der Waals surface area contributed by atoms with Crippen molar-refractivity contribution >= 4 is 29.0 Å². The van der Waals surface area contributed by atoms with Gasteiger partial charge in [0.05, 0.1) is 18.6 Å². The topological polar surface area (TPSA) is 35.5 Å². The predicted molar refractivity (Wildman–Crippen MR) is 79.4 cm³/mol. The molecule has 0 spiro atoms. The highest BCUT2D eigenvalue weighted by Crippen LogP contribution is 2.36. The number of hydrogen-bond acceptors (Lipinski definition) is 3. The van der Waals surface area contributed by atoms with Crippen molar-refractivity contribution in [3.8, 4) is 0 Å². The van der Waals surface area contributed by atoms with Crippen molar-refractivity contribution in [2.45, 2.75) is 33.0 Å². The summed E-state index contributed by atoms with van der Waals surface area (Å²) >= 11 is 12.1. The van der Waals surface area contributed by atoms with Gasteiger partial charge in [0.1, 0.15) is 0 Å². The van der Waals surface area contributed by atoms with E-state index in [0.717, 1.165) is 5.56 Å². The molecular formula is C15H18Cl2O3. The van der Waals surface area contributed by atoms with Gasteiger partial charge < -0.3 is 9.47 Å². The van der Waals surface area contributed by atoms with Crippen molar-refractivity contribution in [3.63, 3.8) is 0 Å². The zero-order chi connectivity index (χ0) is 14.9. The Morgan fingerprint density at radius 1 is 1.30 bits per heavy atom. The second-order valence-corrected chi connectivity index (χ2v) is 6.39. The van der Waals surface area contributed by atoms with Gasteiger partial charge in [0, 0.05) is 16.0 Å². The van der Waals surface area contributed by atoms with Crippen LogP contribution in [-0.2, 0) is 14.3 Å². The van der Waals surface area contributed by atoms with E-state index in [1.54, 1.807) is 18.2 Å². The summed E-state index contributed by atoms with van der Waals surface area (Å²) in [5.41, 5.74) is 0.0472. The van der Waals surface area contributed by atoms with Crippen LogP contribution in [0.4, 0.5) is 0 Å². The van der Waals surface area contributed by atoms with Crippen molar-refractivity contribution in [2.75, 3.05) is 13.2 Å². The highest BCUT2D eigenvalue weighted by atomic mass is 35.5. The Morgan fingerprint density at radius 2 is 1.90 bits per heavy atom. The number of ether oxygens (including phenoxy) is 2. The number of ketones is 1. The van der Waals surface area contributed by atoms with E-state index in [1.165, 1.54) is 0 Å². The third-order valence-corrected chi connectivity index (χ3v) is 4.23. The molecule has 3 nitrogen and oxygen atoms in total. The Balaban J connectivity index is 2.23. The molecule has 20 heavy (non-hydrogen) atoms. The molecule has 0 N–H and O–H groups in total. The first-order valence-electron chi connectivity index (χ1n) is 6.56. The lowest BCUT2D eigenvalue weighted by atomic mass is 9.78. The average molecular weight is 317 g/mol. The van der Waals surface area contributed by atoms with E-state index in [-0.39, 0.29) is 11.7 Å². The third-order valence-electron chi connectivity index (χ3n) is 3.67. The van der Waals surface area contributed by atoms with Crippen molar-refractivity contribution in [2.24, 2.45) is 5.41 Å². The molecule has 0 aliphatic carbocycles. The second-order valence-electron chi connectivity index (χ2n) is 5.55. The summed E-state index contributed by atoms with van der Waals surface area (Å²) in [6, 6.07) is 5.18. The summed E-state index contributed by atoms with van der Waals surface area (Å²) in [5, 5.41) is 1.06. The number of hydrogen-bond donors (Lipinski definition) is 0. The standard InChI is InChI=1S/C15H18Cl2O3/c1-9(11-5-4-10(16)8-12(11)17)13(18)15(2,3)14-19-6-7-20-14/h4-5,8-9,14H,6-7H2,1-3H3. The molecule has 2 rings (SSSR count). The quantitative estimate of drug-likeness (QED) is 0.840. The Hall–Kier alpha value is -0.610. The smallest absolute Gasteiger partial charge is 0.169 e. The fraction of sp³-hybridized carbons (Fsp3) is 0.533. The number of benzene rings is 1. The molecule has 0 aromatic heterocycles. The summed E-state index contributed by atoms with van der Waals surface area (Å²) in [5.74, 6) is -0.309. The van der Waals surface area contributed by atoms with Gasteiger partial charge in [-0.2, -0.15) is 0 Å². The van der Waals surface area contributed by atoms with Gasteiger partial charge in [0.15, 0.2) is 12.1 Å². The Bertz CT molecular complexity index is 508. The Morgan fingerprint density at radius 3 is 2.45 bits per heavy atom. The first kappa shape index (κ1) is 15.8. The molecule has 1 saturated heterocycles. The molecule has 1 heterocycles. The molecule has 1 fully saturated rings. The molecule has 0 saturated carbocycles. The highest BCUT2D eigenvalue weighted by Gasteiger charge is 2.43. The van der Waals surface area contributed by atoms with Gasteiger partial charge in [-0.1, -0.05) is 36.2 Å². The molecule has 5 heteroatoms. The van der Waals surface area contributed by atoms with Crippen LogP contribution in [0.2, 0.25) is 10.0 Å². The van der Waals surface area contributed by atoms with Gasteiger partial charge in [-0.05, 0) is 31.5 Å². The molecule has 1 aliphatic heterocycles. The summed E-state index contributed by atoms with van der Waals surface area (Å²) in [4.78, 5) is 12.7. The maximum Gasteiger partial charge on any atom is 0.169 e. The van der Waals surface area contributed by atoms with Crippen LogP contribution in [0.1, 0.15) is 32.3 Å². The number of carbonyl (C=O) groups excluding carboxylic acids is 1. The molecule has 1 aromatic rings. The monoisotopic (exact) mass is 316 g/mol. The summed E-state index contributed by atoms with van der Waals surface area (Å²) in [6.45, 7) is 6.57. The Kier molecular flexibility index (Phi) is 4.75. The molecule has 0 radical (unpaired) electrons. The van der Waals surface area contributed by atoms with Gasteiger partial charge in [-0.25, -0.2) is 0 Å². The summed E-state index contributed by atoms with van der Waals surface area (Å²) in [7, 11) is 0. The van der Waals surface area contributed by atoms with E-state index in [1.807, 2.05) is 20.8 Å². The van der Waals surface area contributed by atoms with Crippen LogP contribution in [0.15, 0.2) is 18.2 Å². The molecular weight excluding hydrogens is 299 g/mol. The van der Waals surface area contributed by atoms with Crippen molar-refractivity contribution in [1.82, 2.24) is 0 Å². The van der Waals surface area contributed by atoms with Gasteiger partial charge in [-0.3, -0.25) is 4.79 Å².